The van der Waals surface area contributed by atoms with Gasteiger partial charge in [0, 0.05) is 16.7 Å². The summed E-state index contributed by atoms with van der Waals surface area (Å²) in [6.07, 6.45) is 3.16. The van der Waals surface area contributed by atoms with Crippen LogP contribution in [0.25, 0.3) is 0 Å². The van der Waals surface area contributed by atoms with E-state index in [9.17, 15) is 10.2 Å². The molecule has 0 spiro atoms. The first kappa shape index (κ1) is 35.9. The topological polar surface area (TPSA) is 77.4 Å². The first-order valence-electron chi connectivity index (χ1n) is 17.3. The second-order valence-electron chi connectivity index (χ2n) is 16.5. The summed E-state index contributed by atoms with van der Waals surface area (Å²) in [4.78, 5) is 0. The average molecular weight is 663 g/mol. The zero-order valence-corrected chi connectivity index (χ0v) is 31.1. The summed E-state index contributed by atoms with van der Waals surface area (Å²) < 4.78 is 26.2. The Kier molecular flexibility index (Phi) is 10.0. The van der Waals surface area contributed by atoms with Gasteiger partial charge in [0.1, 0.15) is 23.7 Å². The van der Waals surface area contributed by atoms with E-state index in [-0.39, 0.29) is 23.0 Å². The smallest absolute Gasteiger partial charge is 0.192 e. The number of aliphatic hydroxyl groups is 2. The Labute approximate surface area is 284 Å². The second-order valence-corrected chi connectivity index (χ2v) is 21.3. The lowest BCUT2D eigenvalue weighted by Gasteiger charge is -2.55. The number of hydrogen-bond acceptors (Lipinski definition) is 6. The first-order valence-corrected chi connectivity index (χ1v) is 20.3. The maximum Gasteiger partial charge on any atom is 0.192 e. The Bertz CT molecular complexity index is 1430. The minimum atomic E-state index is -2.24. The highest BCUT2D eigenvalue weighted by molar-refractivity contribution is 6.74. The van der Waals surface area contributed by atoms with Gasteiger partial charge in [0.2, 0.25) is 0 Å². The number of hydrogen-bond donors (Lipinski definition) is 2. The Hall–Kier alpha value is -2.42. The van der Waals surface area contributed by atoms with Crippen molar-refractivity contribution in [2.24, 2.45) is 22.7 Å². The molecule has 0 aliphatic heterocycles. The van der Waals surface area contributed by atoms with E-state index >= 15 is 0 Å². The predicted octanol–water partition coefficient (Wildman–Crippen LogP) is 8.59. The summed E-state index contributed by atoms with van der Waals surface area (Å²) in [6, 6.07) is 18.0. The van der Waals surface area contributed by atoms with Crippen LogP contribution in [-0.2, 0) is 27.1 Å². The molecule has 0 heterocycles. The van der Waals surface area contributed by atoms with Crippen molar-refractivity contribution < 1.29 is 28.8 Å². The molecular weight excluding hydrogens is 605 g/mol. The van der Waals surface area contributed by atoms with Crippen molar-refractivity contribution >= 4 is 8.32 Å². The van der Waals surface area contributed by atoms with Crippen molar-refractivity contribution in [1.82, 2.24) is 0 Å². The summed E-state index contributed by atoms with van der Waals surface area (Å²) in [5.41, 5.74) is 0.352. The SMILES string of the molecule is C=C1CC[C@H](O[Si](C)(C)C(C)(C)C)[C@]2(C)[C@@H]1/C=C(/OCc1ccccc1)[C@]1(O)CC[C@H]([C@@H](OCc3ccc(OC)cc3)[C@H]2O)C1(C)C. The zero-order chi connectivity index (χ0) is 34.4. The maximum atomic E-state index is 12.9. The number of fused-ring (bicyclic) bond motifs is 3. The van der Waals surface area contributed by atoms with E-state index in [1.165, 1.54) is 0 Å². The van der Waals surface area contributed by atoms with Crippen LogP contribution < -0.4 is 4.74 Å². The first-order chi connectivity index (χ1) is 22.0. The fraction of sp³-hybridized carbons (Fsp3) is 0.600. The number of rotatable bonds is 9. The number of methoxy groups -OCH3 is 1. The Balaban J connectivity index is 1.63. The summed E-state index contributed by atoms with van der Waals surface area (Å²) in [5.74, 6) is 0.915. The number of allylic oxidation sites excluding steroid dienone is 2. The van der Waals surface area contributed by atoms with Gasteiger partial charge in [0.15, 0.2) is 8.32 Å². The molecule has 2 aromatic rings. The zero-order valence-electron chi connectivity index (χ0n) is 30.1. The quantitative estimate of drug-likeness (QED) is 0.207. The average Bonchev–Trinajstić information content (AvgIpc) is 3.27. The second kappa shape index (κ2) is 13.1. The van der Waals surface area contributed by atoms with Gasteiger partial charge in [-0.3, -0.25) is 0 Å². The molecule has 0 radical (unpaired) electrons. The standard InChI is InChI=1S/C40H58O6Si/c1-27-16-21-33(46-47(9,10)37(2,3)4)39(7)32(27)24-34(44-25-28-14-12-11-13-15-28)40(42)23-22-31(38(40,5)6)35(36(39)41)45-26-29-17-19-30(43-8)20-18-29/h11-15,17-20,24,31-33,35-36,41-42H,1,16,21-23,25-26H2,2-10H3/b34-24+/t31-,32-,33+,35-,36-,39+,40-/m1/s1. The number of aliphatic hydroxyl groups excluding tert-OH is 1. The van der Waals surface area contributed by atoms with Crippen molar-refractivity contribution in [3.63, 3.8) is 0 Å². The molecule has 7 atom stereocenters. The number of ether oxygens (including phenoxy) is 3. The molecule has 7 heteroatoms. The van der Waals surface area contributed by atoms with Crippen LogP contribution in [0.1, 0.15) is 78.4 Å². The van der Waals surface area contributed by atoms with E-state index in [0.29, 0.717) is 31.8 Å². The van der Waals surface area contributed by atoms with Gasteiger partial charge in [0.05, 0.1) is 32.0 Å². The molecule has 3 aliphatic carbocycles. The van der Waals surface area contributed by atoms with Crippen LogP contribution in [0, 0.1) is 22.7 Å². The van der Waals surface area contributed by atoms with Gasteiger partial charge in [-0.15, -0.1) is 0 Å². The van der Waals surface area contributed by atoms with Gasteiger partial charge in [-0.2, -0.15) is 0 Å². The third kappa shape index (κ3) is 6.51. The third-order valence-electron chi connectivity index (χ3n) is 12.5. The Morgan fingerprint density at radius 1 is 0.936 bits per heavy atom. The minimum Gasteiger partial charge on any atom is -0.497 e. The lowest BCUT2D eigenvalue weighted by molar-refractivity contribution is -0.179. The molecular formula is C40H58O6Si. The van der Waals surface area contributed by atoms with Crippen LogP contribution in [-0.4, -0.2) is 49.6 Å². The van der Waals surface area contributed by atoms with Gasteiger partial charge < -0.3 is 28.8 Å². The van der Waals surface area contributed by atoms with Gasteiger partial charge >= 0.3 is 0 Å². The van der Waals surface area contributed by atoms with Crippen LogP contribution >= 0.6 is 0 Å². The molecule has 2 bridgehead atoms. The van der Waals surface area contributed by atoms with Gasteiger partial charge in [-0.1, -0.05) is 96.2 Å². The summed E-state index contributed by atoms with van der Waals surface area (Å²) >= 11 is 0. The van der Waals surface area contributed by atoms with Crippen molar-refractivity contribution in [2.75, 3.05) is 7.11 Å². The molecule has 2 aromatic carbocycles. The molecule has 2 saturated carbocycles. The molecule has 6 nitrogen and oxygen atoms in total. The fourth-order valence-corrected chi connectivity index (χ4v) is 9.51. The molecule has 3 aliphatic rings. The Morgan fingerprint density at radius 2 is 1.57 bits per heavy atom. The van der Waals surface area contributed by atoms with Crippen LogP contribution in [0.2, 0.25) is 18.1 Å². The van der Waals surface area contributed by atoms with E-state index < -0.39 is 37.0 Å². The Morgan fingerprint density at radius 3 is 2.19 bits per heavy atom. The highest BCUT2D eigenvalue weighted by Gasteiger charge is 2.65. The summed E-state index contributed by atoms with van der Waals surface area (Å²) in [5, 5.41) is 25.7. The molecule has 0 unspecified atom stereocenters. The third-order valence-corrected chi connectivity index (χ3v) is 17.0. The van der Waals surface area contributed by atoms with Crippen molar-refractivity contribution in [3.05, 3.63) is 89.7 Å². The van der Waals surface area contributed by atoms with Crippen LogP contribution in [0.5, 0.6) is 5.75 Å². The molecule has 258 valence electrons. The fourth-order valence-electron chi connectivity index (χ4n) is 8.07. The van der Waals surface area contributed by atoms with Crippen molar-refractivity contribution in [3.8, 4) is 5.75 Å². The van der Waals surface area contributed by atoms with E-state index in [0.717, 1.165) is 35.3 Å². The minimum absolute atomic E-state index is 0.00293. The highest BCUT2D eigenvalue weighted by atomic mass is 28.4. The summed E-state index contributed by atoms with van der Waals surface area (Å²) in [7, 11) is -0.583. The molecule has 5 rings (SSSR count). The normalized spacial score (nSPS) is 33.6. The lowest BCUT2D eigenvalue weighted by atomic mass is 9.58. The molecule has 0 aromatic heterocycles. The van der Waals surface area contributed by atoms with Gasteiger partial charge in [0.25, 0.3) is 0 Å². The van der Waals surface area contributed by atoms with Crippen LogP contribution in [0.3, 0.4) is 0 Å². The van der Waals surface area contributed by atoms with Crippen LogP contribution in [0.4, 0.5) is 0 Å². The van der Waals surface area contributed by atoms with Crippen molar-refractivity contribution in [1.29, 1.82) is 0 Å². The molecule has 2 fully saturated rings. The van der Waals surface area contributed by atoms with E-state index in [1.807, 2.05) is 54.6 Å². The van der Waals surface area contributed by atoms with E-state index in [1.54, 1.807) is 7.11 Å². The van der Waals surface area contributed by atoms with Crippen molar-refractivity contribution in [2.45, 2.75) is 122 Å². The van der Waals surface area contributed by atoms with Gasteiger partial charge in [-0.25, -0.2) is 0 Å². The molecule has 2 N–H and O–H groups in total. The lowest BCUT2D eigenvalue weighted by Crippen LogP contribution is -2.61. The predicted molar refractivity (Wildman–Crippen MR) is 190 cm³/mol. The van der Waals surface area contributed by atoms with Gasteiger partial charge in [-0.05, 0) is 79.1 Å². The summed E-state index contributed by atoms with van der Waals surface area (Å²) in [6.45, 7) is 23.0. The van der Waals surface area contributed by atoms with Crippen LogP contribution in [0.15, 0.2) is 78.6 Å². The van der Waals surface area contributed by atoms with E-state index in [4.69, 9.17) is 18.6 Å². The molecule has 0 saturated heterocycles. The highest BCUT2D eigenvalue weighted by Crippen LogP contribution is 2.61. The number of benzene rings is 2. The monoisotopic (exact) mass is 662 g/mol. The maximum absolute atomic E-state index is 12.9. The van der Waals surface area contributed by atoms with E-state index in [2.05, 4.69) is 67.3 Å². The largest absolute Gasteiger partial charge is 0.497 e. The molecule has 0 amide bonds. The molecule has 47 heavy (non-hydrogen) atoms.